The van der Waals surface area contributed by atoms with Gasteiger partial charge in [0.25, 0.3) is 0 Å². The van der Waals surface area contributed by atoms with Crippen molar-refractivity contribution in [2.45, 2.75) is 0 Å². The molecule has 0 saturated carbocycles. The molecule has 0 saturated heterocycles. The number of halogens is 2. The number of rotatable bonds is 3. The molecule has 0 fully saturated rings. The van der Waals surface area contributed by atoms with Gasteiger partial charge in [0.15, 0.2) is 17.5 Å². The highest BCUT2D eigenvalue weighted by Gasteiger charge is 2.14. The average molecular weight is 288 g/mol. The molecule has 0 aliphatic heterocycles. The number of nitrogens with zero attached hydrogens (tertiary/aromatic N) is 2. The second kappa shape index (κ2) is 5.42. The first kappa shape index (κ1) is 14.2. The minimum absolute atomic E-state index is 0.0516. The van der Waals surface area contributed by atoms with Gasteiger partial charge >= 0.3 is 0 Å². The third-order valence-electron chi connectivity index (χ3n) is 2.67. The Balaban J connectivity index is 2.44. The Morgan fingerprint density at radius 2 is 2.10 bits per heavy atom. The Morgan fingerprint density at radius 3 is 2.71 bits per heavy atom. The second-order valence-electron chi connectivity index (χ2n) is 4.07. The lowest BCUT2D eigenvalue weighted by Gasteiger charge is -2.11. The molecule has 6 nitrogen and oxygen atoms in total. The molecule has 0 amide bonds. The van der Waals surface area contributed by atoms with Crippen LogP contribution in [0.2, 0.25) is 0 Å². The maximum absolute atomic E-state index is 13.9. The number of hydrogen-bond donors (Lipinski definition) is 4. The molecule has 21 heavy (non-hydrogen) atoms. The number of aromatic nitrogens is 1. The molecular formula is C13H10F2N6. The molecule has 0 aliphatic rings. The van der Waals surface area contributed by atoms with E-state index in [4.69, 9.17) is 22.1 Å². The number of nitrogens with one attached hydrogen (secondary N) is 2. The van der Waals surface area contributed by atoms with Crippen LogP contribution in [0, 0.1) is 28.4 Å². The van der Waals surface area contributed by atoms with Crippen LogP contribution in [-0.2, 0) is 0 Å². The van der Waals surface area contributed by atoms with Gasteiger partial charge in [0.1, 0.15) is 17.7 Å². The lowest BCUT2D eigenvalue weighted by atomic mass is 10.2. The fourth-order valence-corrected chi connectivity index (χ4v) is 1.65. The maximum Gasteiger partial charge on any atom is 0.169 e. The number of hydrogen-bond acceptors (Lipinski definition) is 5. The highest BCUT2D eigenvalue weighted by atomic mass is 19.1. The van der Waals surface area contributed by atoms with Gasteiger partial charge in [0, 0.05) is 0 Å². The predicted molar refractivity (Wildman–Crippen MR) is 74.0 cm³/mol. The van der Waals surface area contributed by atoms with E-state index in [0.29, 0.717) is 0 Å². The zero-order chi connectivity index (χ0) is 15.6. The molecule has 2 rings (SSSR count). The molecule has 0 aliphatic carbocycles. The Kier molecular flexibility index (Phi) is 3.67. The lowest BCUT2D eigenvalue weighted by Crippen LogP contribution is -2.16. The smallest absolute Gasteiger partial charge is 0.169 e. The van der Waals surface area contributed by atoms with E-state index in [1.807, 2.05) is 0 Å². The standard InChI is InChI=1S/C13H10F2N6/c14-8-4-7(11(17)18)12(19)21-13(8)20-9-3-1-2-6(5-16)10(9)15/h1-4H,(H3,17,18)(H3,19,20,21). The SMILES string of the molecule is N#Cc1cccc(Nc2nc(N)c(C(=N)N)cc2F)c1F. The van der Waals surface area contributed by atoms with Gasteiger partial charge in [-0.05, 0) is 18.2 Å². The third kappa shape index (κ3) is 2.71. The largest absolute Gasteiger partial charge is 0.384 e. The topological polar surface area (TPSA) is 125 Å². The number of benzene rings is 1. The Labute approximate surface area is 118 Å². The Morgan fingerprint density at radius 1 is 1.38 bits per heavy atom. The van der Waals surface area contributed by atoms with Crippen molar-refractivity contribution < 1.29 is 8.78 Å². The van der Waals surface area contributed by atoms with Gasteiger partial charge in [0.2, 0.25) is 0 Å². The Bertz CT molecular complexity index is 766. The van der Waals surface area contributed by atoms with Crippen LogP contribution in [0.25, 0.3) is 0 Å². The van der Waals surface area contributed by atoms with Gasteiger partial charge in [-0.3, -0.25) is 5.41 Å². The second-order valence-corrected chi connectivity index (χ2v) is 4.07. The summed E-state index contributed by atoms with van der Waals surface area (Å²) >= 11 is 0. The molecule has 2 aromatic rings. The summed E-state index contributed by atoms with van der Waals surface area (Å²) in [6.45, 7) is 0. The molecule has 1 aromatic carbocycles. The monoisotopic (exact) mass is 288 g/mol. The van der Waals surface area contributed by atoms with E-state index >= 15 is 0 Å². The minimum atomic E-state index is -0.851. The van der Waals surface area contributed by atoms with Crippen molar-refractivity contribution >= 4 is 23.2 Å². The summed E-state index contributed by atoms with van der Waals surface area (Å²) in [4.78, 5) is 3.71. The molecule has 1 heterocycles. The van der Waals surface area contributed by atoms with Crippen LogP contribution < -0.4 is 16.8 Å². The van der Waals surface area contributed by atoms with Crippen molar-refractivity contribution in [1.82, 2.24) is 4.98 Å². The van der Waals surface area contributed by atoms with Crippen molar-refractivity contribution in [3.05, 3.63) is 47.0 Å². The predicted octanol–water partition coefficient (Wildman–Crippen LogP) is 1.84. The van der Waals surface area contributed by atoms with Crippen molar-refractivity contribution in [2.75, 3.05) is 11.1 Å². The molecule has 0 radical (unpaired) electrons. The van der Waals surface area contributed by atoms with Crippen molar-refractivity contribution in [1.29, 1.82) is 10.7 Å². The summed E-state index contributed by atoms with van der Waals surface area (Å²) in [5, 5.41) is 18.4. The van der Waals surface area contributed by atoms with E-state index in [0.717, 1.165) is 6.07 Å². The summed E-state index contributed by atoms with van der Waals surface area (Å²) < 4.78 is 27.7. The van der Waals surface area contributed by atoms with E-state index in [9.17, 15) is 8.78 Å². The number of nitriles is 1. The number of nitrogen functional groups attached to an aromatic ring is 2. The van der Waals surface area contributed by atoms with E-state index in [1.165, 1.54) is 18.2 Å². The molecule has 6 N–H and O–H groups in total. The first-order valence-electron chi connectivity index (χ1n) is 5.70. The molecule has 106 valence electrons. The first-order valence-corrected chi connectivity index (χ1v) is 5.70. The van der Waals surface area contributed by atoms with E-state index in [-0.39, 0.29) is 28.5 Å². The highest BCUT2D eigenvalue weighted by molar-refractivity contribution is 5.99. The van der Waals surface area contributed by atoms with Crippen molar-refractivity contribution in [3.8, 4) is 6.07 Å². The molecule has 0 bridgehead atoms. The van der Waals surface area contributed by atoms with Gasteiger partial charge in [-0.15, -0.1) is 0 Å². The summed E-state index contributed by atoms with van der Waals surface area (Å²) in [6.07, 6.45) is 0. The van der Waals surface area contributed by atoms with Gasteiger partial charge in [-0.25, -0.2) is 13.8 Å². The summed E-state index contributed by atoms with van der Waals surface area (Å²) in [5.41, 5.74) is 10.4. The molecule has 8 heteroatoms. The van der Waals surface area contributed by atoms with Gasteiger partial charge < -0.3 is 16.8 Å². The lowest BCUT2D eigenvalue weighted by molar-refractivity contribution is 0.620. The van der Waals surface area contributed by atoms with Crippen LogP contribution in [0.1, 0.15) is 11.1 Å². The van der Waals surface area contributed by atoms with Crippen LogP contribution in [0.15, 0.2) is 24.3 Å². The normalized spacial score (nSPS) is 9.95. The van der Waals surface area contributed by atoms with Gasteiger partial charge in [-0.1, -0.05) is 6.07 Å². The minimum Gasteiger partial charge on any atom is -0.384 e. The highest BCUT2D eigenvalue weighted by Crippen LogP contribution is 2.24. The number of amidine groups is 1. The maximum atomic E-state index is 13.9. The fraction of sp³-hybridized carbons (Fsp3) is 0. The Hall–Kier alpha value is -3.21. The summed E-state index contributed by atoms with van der Waals surface area (Å²) in [5.74, 6) is -2.59. The van der Waals surface area contributed by atoms with E-state index in [1.54, 1.807) is 6.07 Å². The van der Waals surface area contributed by atoms with Gasteiger partial charge in [0.05, 0.1) is 16.8 Å². The number of pyridine rings is 1. The first-order chi connectivity index (χ1) is 9.93. The summed E-state index contributed by atoms with van der Waals surface area (Å²) in [6, 6.07) is 6.66. The van der Waals surface area contributed by atoms with Crippen LogP contribution in [0.5, 0.6) is 0 Å². The van der Waals surface area contributed by atoms with Crippen LogP contribution in [0.4, 0.5) is 26.1 Å². The van der Waals surface area contributed by atoms with Crippen molar-refractivity contribution in [2.24, 2.45) is 5.73 Å². The summed E-state index contributed by atoms with van der Waals surface area (Å²) in [7, 11) is 0. The molecule has 0 unspecified atom stereocenters. The average Bonchev–Trinajstić information content (AvgIpc) is 2.44. The number of nitrogens with two attached hydrogens (primary N) is 2. The molecule has 0 spiro atoms. The van der Waals surface area contributed by atoms with Crippen LogP contribution in [0.3, 0.4) is 0 Å². The fourth-order valence-electron chi connectivity index (χ4n) is 1.65. The van der Waals surface area contributed by atoms with Gasteiger partial charge in [-0.2, -0.15) is 5.26 Å². The van der Waals surface area contributed by atoms with Crippen LogP contribution >= 0.6 is 0 Å². The molecule has 1 aromatic heterocycles. The van der Waals surface area contributed by atoms with Crippen molar-refractivity contribution in [3.63, 3.8) is 0 Å². The van der Waals surface area contributed by atoms with E-state index in [2.05, 4.69) is 10.3 Å². The molecule has 0 atom stereocenters. The van der Waals surface area contributed by atoms with E-state index < -0.39 is 17.5 Å². The quantitative estimate of drug-likeness (QED) is 0.506. The molecular weight excluding hydrogens is 278 g/mol. The number of anilines is 3. The zero-order valence-electron chi connectivity index (χ0n) is 10.6. The van der Waals surface area contributed by atoms with Crippen LogP contribution in [-0.4, -0.2) is 10.8 Å². The zero-order valence-corrected chi connectivity index (χ0v) is 10.6. The third-order valence-corrected chi connectivity index (χ3v) is 2.67.